The Morgan fingerprint density at radius 1 is 1.50 bits per heavy atom. The summed E-state index contributed by atoms with van der Waals surface area (Å²) in [7, 11) is 1.96. The van der Waals surface area contributed by atoms with E-state index in [1.807, 2.05) is 7.05 Å². The Hall–Kier alpha value is -0.0800. The van der Waals surface area contributed by atoms with Crippen LogP contribution in [-0.4, -0.2) is 25.3 Å². The Balaban J connectivity index is 3.09. The van der Waals surface area contributed by atoms with E-state index in [1.54, 1.807) is 0 Å². The van der Waals surface area contributed by atoms with Gasteiger partial charge in [-0.3, -0.25) is 0 Å². The van der Waals surface area contributed by atoms with Crippen molar-refractivity contribution < 1.29 is 5.11 Å². The van der Waals surface area contributed by atoms with Crippen molar-refractivity contribution in [1.29, 1.82) is 0 Å². The second kappa shape index (κ2) is 7.03. The van der Waals surface area contributed by atoms with Crippen LogP contribution < -0.4 is 5.32 Å². The van der Waals surface area contributed by atoms with Gasteiger partial charge in [0.25, 0.3) is 0 Å². The standard InChI is InChI=1S/C8H19NO/c1-3-8(7-10)5-4-6-9-2/h8-10H,3-7H2,1-2H3. The first-order chi connectivity index (χ1) is 4.85. The molecule has 0 aliphatic rings. The van der Waals surface area contributed by atoms with Crippen molar-refractivity contribution in [2.24, 2.45) is 5.92 Å². The van der Waals surface area contributed by atoms with Gasteiger partial charge in [-0.2, -0.15) is 0 Å². The maximum absolute atomic E-state index is 8.80. The first kappa shape index (κ1) is 9.92. The third-order valence-corrected chi connectivity index (χ3v) is 1.87. The predicted molar refractivity (Wildman–Crippen MR) is 44.0 cm³/mol. The molecule has 0 saturated heterocycles. The summed E-state index contributed by atoms with van der Waals surface area (Å²) in [5.41, 5.74) is 0. The van der Waals surface area contributed by atoms with E-state index in [0.717, 1.165) is 19.4 Å². The number of nitrogens with one attached hydrogen (secondary N) is 1. The Morgan fingerprint density at radius 3 is 2.60 bits per heavy atom. The van der Waals surface area contributed by atoms with E-state index in [4.69, 9.17) is 5.11 Å². The van der Waals surface area contributed by atoms with Crippen molar-refractivity contribution in [2.45, 2.75) is 26.2 Å². The Kier molecular flexibility index (Phi) is 6.98. The molecule has 0 bridgehead atoms. The minimum Gasteiger partial charge on any atom is -0.396 e. The molecule has 0 aliphatic carbocycles. The molecule has 0 spiro atoms. The monoisotopic (exact) mass is 145 g/mol. The highest BCUT2D eigenvalue weighted by Crippen LogP contribution is 2.08. The van der Waals surface area contributed by atoms with Crippen LogP contribution in [0.4, 0.5) is 0 Å². The molecule has 0 saturated carbocycles. The van der Waals surface area contributed by atoms with Gasteiger partial charge in [0.15, 0.2) is 0 Å². The molecule has 0 radical (unpaired) electrons. The zero-order valence-corrected chi connectivity index (χ0v) is 7.06. The Labute approximate surface area is 63.6 Å². The molecule has 2 heteroatoms. The molecule has 0 rings (SSSR count). The molecule has 0 heterocycles. The normalized spacial score (nSPS) is 13.5. The molecule has 0 aromatic rings. The average molecular weight is 145 g/mol. The SMILES string of the molecule is CCC(CO)CCCNC. The summed E-state index contributed by atoms with van der Waals surface area (Å²) in [5.74, 6) is 0.522. The van der Waals surface area contributed by atoms with Gasteiger partial charge in [-0.05, 0) is 32.4 Å². The van der Waals surface area contributed by atoms with Crippen molar-refractivity contribution >= 4 is 0 Å². The molecule has 2 nitrogen and oxygen atoms in total. The van der Waals surface area contributed by atoms with Gasteiger partial charge in [0.2, 0.25) is 0 Å². The van der Waals surface area contributed by atoms with Crippen LogP contribution in [-0.2, 0) is 0 Å². The van der Waals surface area contributed by atoms with Crippen LogP contribution in [0, 0.1) is 5.92 Å². The summed E-state index contributed by atoms with van der Waals surface area (Å²) in [6.45, 7) is 3.54. The number of aliphatic hydroxyl groups excluding tert-OH is 1. The molecule has 1 atom stereocenters. The maximum atomic E-state index is 8.80. The van der Waals surface area contributed by atoms with Crippen LogP contribution in [0.25, 0.3) is 0 Å². The average Bonchev–Trinajstić information content (AvgIpc) is 1.99. The van der Waals surface area contributed by atoms with Crippen molar-refractivity contribution in [2.75, 3.05) is 20.2 Å². The van der Waals surface area contributed by atoms with Crippen LogP contribution >= 0.6 is 0 Å². The number of aliphatic hydroxyl groups is 1. The lowest BCUT2D eigenvalue weighted by Gasteiger charge is -2.09. The quantitative estimate of drug-likeness (QED) is 0.547. The first-order valence-corrected chi connectivity index (χ1v) is 4.10. The summed E-state index contributed by atoms with van der Waals surface area (Å²) >= 11 is 0. The summed E-state index contributed by atoms with van der Waals surface area (Å²) in [6.07, 6.45) is 3.42. The Morgan fingerprint density at radius 2 is 2.20 bits per heavy atom. The molecule has 10 heavy (non-hydrogen) atoms. The van der Waals surface area contributed by atoms with Gasteiger partial charge in [-0.25, -0.2) is 0 Å². The number of hydrogen-bond acceptors (Lipinski definition) is 2. The van der Waals surface area contributed by atoms with Crippen molar-refractivity contribution in [3.05, 3.63) is 0 Å². The van der Waals surface area contributed by atoms with Crippen LogP contribution in [0.2, 0.25) is 0 Å². The van der Waals surface area contributed by atoms with E-state index in [-0.39, 0.29) is 0 Å². The van der Waals surface area contributed by atoms with E-state index in [9.17, 15) is 0 Å². The maximum Gasteiger partial charge on any atom is 0.0459 e. The lowest BCUT2D eigenvalue weighted by Crippen LogP contribution is -2.11. The van der Waals surface area contributed by atoms with Gasteiger partial charge in [-0.15, -0.1) is 0 Å². The van der Waals surface area contributed by atoms with E-state index >= 15 is 0 Å². The van der Waals surface area contributed by atoms with Crippen LogP contribution in [0.5, 0.6) is 0 Å². The molecule has 0 fully saturated rings. The van der Waals surface area contributed by atoms with Gasteiger partial charge < -0.3 is 10.4 Å². The second-order valence-electron chi connectivity index (χ2n) is 2.70. The van der Waals surface area contributed by atoms with Gasteiger partial charge >= 0.3 is 0 Å². The van der Waals surface area contributed by atoms with E-state index < -0.39 is 0 Å². The minimum atomic E-state index is 0.347. The van der Waals surface area contributed by atoms with E-state index in [1.165, 1.54) is 6.42 Å². The summed E-state index contributed by atoms with van der Waals surface area (Å²) in [4.78, 5) is 0. The Bertz CT molecular complexity index is 62.3. The van der Waals surface area contributed by atoms with Gasteiger partial charge in [0, 0.05) is 6.61 Å². The third kappa shape index (κ3) is 4.77. The smallest absolute Gasteiger partial charge is 0.0459 e. The molecule has 0 aromatic heterocycles. The largest absolute Gasteiger partial charge is 0.396 e. The minimum absolute atomic E-state index is 0.347. The molecular formula is C8H19NO. The highest BCUT2D eigenvalue weighted by atomic mass is 16.3. The van der Waals surface area contributed by atoms with E-state index in [2.05, 4.69) is 12.2 Å². The number of hydrogen-bond donors (Lipinski definition) is 2. The highest BCUT2D eigenvalue weighted by Gasteiger charge is 2.02. The first-order valence-electron chi connectivity index (χ1n) is 4.10. The number of rotatable bonds is 6. The van der Waals surface area contributed by atoms with Gasteiger partial charge in [-0.1, -0.05) is 13.3 Å². The topological polar surface area (TPSA) is 32.3 Å². The fraction of sp³-hybridized carbons (Fsp3) is 1.00. The molecule has 0 aromatic carbocycles. The molecular weight excluding hydrogens is 126 g/mol. The summed E-state index contributed by atoms with van der Waals surface area (Å²) in [6, 6.07) is 0. The molecule has 0 aliphatic heterocycles. The molecule has 2 N–H and O–H groups in total. The fourth-order valence-corrected chi connectivity index (χ4v) is 0.992. The zero-order chi connectivity index (χ0) is 7.82. The van der Waals surface area contributed by atoms with Crippen molar-refractivity contribution in [1.82, 2.24) is 5.32 Å². The van der Waals surface area contributed by atoms with Gasteiger partial charge in [0.05, 0.1) is 0 Å². The second-order valence-corrected chi connectivity index (χ2v) is 2.70. The van der Waals surface area contributed by atoms with Crippen molar-refractivity contribution in [3.63, 3.8) is 0 Å². The van der Waals surface area contributed by atoms with Crippen LogP contribution in [0.15, 0.2) is 0 Å². The lowest BCUT2D eigenvalue weighted by atomic mass is 10.0. The van der Waals surface area contributed by atoms with E-state index in [0.29, 0.717) is 12.5 Å². The zero-order valence-electron chi connectivity index (χ0n) is 7.06. The fourth-order valence-electron chi connectivity index (χ4n) is 0.992. The summed E-state index contributed by atoms with van der Waals surface area (Å²) in [5, 5.41) is 11.9. The lowest BCUT2D eigenvalue weighted by molar-refractivity contribution is 0.212. The van der Waals surface area contributed by atoms with Crippen LogP contribution in [0.1, 0.15) is 26.2 Å². The van der Waals surface area contributed by atoms with Crippen LogP contribution in [0.3, 0.4) is 0 Å². The molecule has 0 amide bonds. The third-order valence-electron chi connectivity index (χ3n) is 1.87. The van der Waals surface area contributed by atoms with Crippen molar-refractivity contribution in [3.8, 4) is 0 Å². The van der Waals surface area contributed by atoms with Gasteiger partial charge in [0.1, 0.15) is 0 Å². The highest BCUT2D eigenvalue weighted by molar-refractivity contribution is 4.55. The molecule has 62 valence electrons. The predicted octanol–water partition coefficient (Wildman–Crippen LogP) is 1.00. The molecule has 1 unspecified atom stereocenters. The summed E-state index contributed by atoms with van der Waals surface area (Å²) < 4.78 is 0.